The molecule has 2 aromatic rings. The van der Waals surface area contributed by atoms with Crippen molar-refractivity contribution in [2.24, 2.45) is 7.05 Å². The smallest absolute Gasteiger partial charge is 0.192 e. The highest BCUT2D eigenvalue weighted by atomic mass is 32.1. The first-order valence-electron chi connectivity index (χ1n) is 5.61. The Bertz CT molecular complexity index is 586. The van der Waals surface area contributed by atoms with Crippen molar-refractivity contribution in [3.8, 4) is 0 Å². The van der Waals surface area contributed by atoms with Gasteiger partial charge in [-0.25, -0.2) is 0 Å². The van der Waals surface area contributed by atoms with E-state index in [0.29, 0.717) is 4.88 Å². The van der Waals surface area contributed by atoms with Gasteiger partial charge in [-0.15, -0.1) is 11.3 Å². The Balaban J connectivity index is 2.05. The molecule has 2 heterocycles. The van der Waals surface area contributed by atoms with Crippen LogP contribution in [0.1, 0.15) is 38.4 Å². The standard InChI is InChI=1S/C12H13N3O2S/c1-3-8-4-5-12(18-8)11(17)6-10(16)9-7-13-15(2)14-9/h4-5,7H,3,6H2,1-2H3. The Morgan fingerprint density at radius 2 is 2.11 bits per heavy atom. The summed E-state index contributed by atoms with van der Waals surface area (Å²) >= 11 is 1.44. The van der Waals surface area contributed by atoms with E-state index in [9.17, 15) is 9.59 Å². The molecule has 0 atom stereocenters. The molecule has 0 saturated carbocycles. The van der Waals surface area contributed by atoms with Crippen LogP contribution in [-0.2, 0) is 13.5 Å². The van der Waals surface area contributed by atoms with E-state index in [1.54, 1.807) is 13.1 Å². The summed E-state index contributed by atoms with van der Waals surface area (Å²) in [6, 6.07) is 3.69. The largest absolute Gasteiger partial charge is 0.293 e. The summed E-state index contributed by atoms with van der Waals surface area (Å²) in [5.41, 5.74) is 0.234. The van der Waals surface area contributed by atoms with Crippen LogP contribution in [0.4, 0.5) is 0 Å². The fourth-order valence-electron chi connectivity index (χ4n) is 1.51. The van der Waals surface area contributed by atoms with Crippen LogP contribution in [0.5, 0.6) is 0 Å². The van der Waals surface area contributed by atoms with Crippen molar-refractivity contribution in [1.29, 1.82) is 0 Å². The molecule has 0 spiro atoms. The highest BCUT2D eigenvalue weighted by Gasteiger charge is 2.17. The molecule has 2 aromatic heterocycles. The molecule has 0 aliphatic carbocycles. The summed E-state index contributed by atoms with van der Waals surface area (Å²) in [4.78, 5) is 26.8. The average Bonchev–Trinajstić information content (AvgIpc) is 2.97. The number of aromatic nitrogens is 3. The summed E-state index contributed by atoms with van der Waals surface area (Å²) in [5, 5.41) is 7.70. The summed E-state index contributed by atoms with van der Waals surface area (Å²) in [6.45, 7) is 2.03. The first-order chi connectivity index (χ1) is 8.60. The van der Waals surface area contributed by atoms with Gasteiger partial charge in [0.05, 0.1) is 17.5 Å². The van der Waals surface area contributed by atoms with Crippen LogP contribution in [0.15, 0.2) is 18.3 Å². The summed E-state index contributed by atoms with van der Waals surface area (Å²) < 4.78 is 0. The van der Waals surface area contributed by atoms with Crippen LogP contribution >= 0.6 is 11.3 Å². The van der Waals surface area contributed by atoms with Crippen molar-refractivity contribution in [3.63, 3.8) is 0 Å². The molecule has 0 aromatic carbocycles. The zero-order valence-electron chi connectivity index (χ0n) is 10.2. The molecule has 0 unspecified atom stereocenters. The van der Waals surface area contributed by atoms with Gasteiger partial charge in [0.1, 0.15) is 5.69 Å². The fourth-order valence-corrected chi connectivity index (χ4v) is 2.40. The molecular weight excluding hydrogens is 250 g/mol. The third-order valence-electron chi connectivity index (χ3n) is 2.49. The van der Waals surface area contributed by atoms with Gasteiger partial charge < -0.3 is 0 Å². The Labute approximate surface area is 108 Å². The monoisotopic (exact) mass is 263 g/mol. The molecule has 0 fully saturated rings. The molecule has 5 nitrogen and oxygen atoms in total. The highest BCUT2D eigenvalue weighted by Crippen LogP contribution is 2.19. The van der Waals surface area contributed by atoms with Gasteiger partial charge in [-0.3, -0.25) is 9.59 Å². The van der Waals surface area contributed by atoms with E-state index < -0.39 is 0 Å². The van der Waals surface area contributed by atoms with Crippen LogP contribution in [0, 0.1) is 0 Å². The minimum absolute atomic E-state index is 0.150. The summed E-state index contributed by atoms with van der Waals surface area (Å²) in [7, 11) is 1.63. The van der Waals surface area contributed by atoms with Gasteiger partial charge in [-0.2, -0.15) is 15.0 Å². The maximum Gasteiger partial charge on any atom is 0.192 e. The van der Waals surface area contributed by atoms with Gasteiger partial charge in [0.15, 0.2) is 11.6 Å². The van der Waals surface area contributed by atoms with E-state index in [2.05, 4.69) is 10.2 Å². The number of ketones is 2. The molecule has 0 saturated heterocycles. The topological polar surface area (TPSA) is 64.8 Å². The first-order valence-corrected chi connectivity index (χ1v) is 6.43. The van der Waals surface area contributed by atoms with E-state index in [-0.39, 0.29) is 23.7 Å². The number of hydrogen-bond donors (Lipinski definition) is 0. The van der Waals surface area contributed by atoms with Gasteiger partial charge in [0.2, 0.25) is 0 Å². The van der Waals surface area contributed by atoms with E-state index in [0.717, 1.165) is 11.3 Å². The van der Waals surface area contributed by atoms with Crippen LogP contribution in [0.25, 0.3) is 0 Å². The van der Waals surface area contributed by atoms with Gasteiger partial charge >= 0.3 is 0 Å². The number of rotatable bonds is 5. The van der Waals surface area contributed by atoms with Gasteiger partial charge in [0, 0.05) is 11.9 Å². The summed E-state index contributed by atoms with van der Waals surface area (Å²) in [5.74, 6) is -0.449. The van der Waals surface area contributed by atoms with Crippen LogP contribution in [-0.4, -0.2) is 26.6 Å². The zero-order valence-corrected chi connectivity index (χ0v) is 11.0. The van der Waals surface area contributed by atoms with Gasteiger partial charge in [-0.1, -0.05) is 6.92 Å². The number of nitrogens with zero attached hydrogens (tertiary/aromatic N) is 3. The van der Waals surface area contributed by atoms with Crippen molar-refractivity contribution in [2.45, 2.75) is 19.8 Å². The molecule has 18 heavy (non-hydrogen) atoms. The third-order valence-corrected chi connectivity index (χ3v) is 3.76. The van der Waals surface area contributed by atoms with Crippen LogP contribution in [0.3, 0.4) is 0 Å². The number of carbonyl (C=O) groups is 2. The van der Waals surface area contributed by atoms with E-state index in [1.807, 2.05) is 13.0 Å². The SMILES string of the molecule is CCc1ccc(C(=O)CC(=O)c2cnn(C)n2)s1. The maximum atomic E-state index is 11.9. The van der Waals surface area contributed by atoms with Crippen molar-refractivity contribution in [1.82, 2.24) is 15.0 Å². The highest BCUT2D eigenvalue weighted by molar-refractivity contribution is 7.14. The lowest BCUT2D eigenvalue weighted by Gasteiger charge is -1.95. The molecule has 0 radical (unpaired) electrons. The van der Waals surface area contributed by atoms with Crippen molar-refractivity contribution in [3.05, 3.63) is 33.8 Å². The molecule has 6 heteroatoms. The minimum Gasteiger partial charge on any atom is -0.293 e. The predicted molar refractivity (Wildman–Crippen MR) is 68.0 cm³/mol. The Morgan fingerprint density at radius 1 is 1.33 bits per heavy atom. The Kier molecular flexibility index (Phi) is 3.66. The average molecular weight is 263 g/mol. The second-order valence-electron chi connectivity index (χ2n) is 3.86. The molecule has 0 aliphatic heterocycles. The number of hydrogen-bond acceptors (Lipinski definition) is 5. The van der Waals surface area contributed by atoms with E-state index in [4.69, 9.17) is 0 Å². The second-order valence-corrected chi connectivity index (χ2v) is 5.03. The fraction of sp³-hybridized carbons (Fsp3) is 0.333. The number of carbonyl (C=O) groups excluding carboxylic acids is 2. The lowest BCUT2D eigenvalue weighted by atomic mass is 10.1. The molecule has 0 aliphatic rings. The lowest BCUT2D eigenvalue weighted by Crippen LogP contribution is -2.08. The lowest BCUT2D eigenvalue weighted by molar-refractivity contribution is 0.0893. The molecule has 0 bridgehead atoms. The Morgan fingerprint density at radius 3 is 2.67 bits per heavy atom. The van der Waals surface area contributed by atoms with Crippen molar-refractivity contribution in [2.75, 3.05) is 0 Å². The number of thiophene rings is 1. The molecular formula is C12H13N3O2S. The summed E-state index contributed by atoms with van der Waals surface area (Å²) in [6.07, 6.45) is 2.12. The van der Waals surface area contributed by atoms with Gasteiger partial charge in [0.25, 0.3) is 0 Å². The zero-order chi connectivity index (χ0) is 13.1. The van der Waals surface area contributed by atoms with Gasteiger partial charge in [-0.05, 0) is 18.6 Å². The predicted octanol–water partition coefficient (Wildman–Crippen LogP) is 1.89. The number of aryl methyl sites for hydroxylation is 2. The minimum atomic E-state index is -0.292. The molecule has 2 rings (SSSR count). The van der Waals surface area contributed by atoms with E-state index in [1.165, 1.54) is 22.3 Å². The maximum absolute atomic E-state index is 11.9. The third kappa shape index (κ3) is 2.70. The van der Waals surface area contributed by atoms with E-state index >= 15 is 0 Å². The molecule has 0 N–H and O–H groups in total. The second kappa shape index (κ2) is 5.22. The van der Waals surface area contributed by atoms with Crippen molar-refractivity contribution < 1.29 is 9.59 Å². The molecule has 94 valence electrons. The first kappa shape index (κ1) is 12.6. The normalized spacial score (nSPS) is 10.6. The molecule has 0 amide bonds. The van der Waals surface area contributed by atoms with Crippen molar-refractivity contribution >= 4 is 22.9 Å². The Hall–Kier alpha value is -1.82. The van der Waals surface area contributed by atoms with Crippen LogP contribution in [0.2, 0.25) is 0 Å². The quantitative estimate of drug-likeness (QED) is 0.610. The van der Waals surface area contributed by atoms with Crippen LogP contribution < -0.4 is 0 Å². The number of Topliss-reactive ketones (excluding diaryl/α,β-unsaturated/α-hetero) is 2.